The van der Waals surface area contributed by atoms with Crippen LogP contribution in [0, 0.1) is 0 Å². The number of hydrogen-bond acceptors (Lipinski definition) is 9. The van der Waals surface area contributed by atoms with Gasteiger partial charge in [0, 0.05) is 45.4 Å². The van der Waals surface area contributed by atoms with Gasteiger partial charge in [0.05, 0.1) is 32.4 Å². The van der Waals surface area contributed by atoms with Crippen LogP contribution in [-0.2, 0) is 23.7 Å². The van der Waals surface area contributed by atoms with Gasteiger partial charge in [-0.1, -0.05) is 24.3 Å². The standard InChI is InChI=1S/C28H38N4O9/c1-37-22(19-40-27(35)29-12-7-11-25(33)31-14-16-39-17-15-31)20-41-28(36)30-18-21-8-5-6-13-32(21)26(34)23-9-3-4-10-24(23)38-2/h3-6,8-10,22H,7,11-20H2,1-2H3,(H,29,35)(H,30,36). The van der Waals surface area contributed by atoms with Crippen molar-refractivity contribution in [1.29, 1.82) is 0 Å². The van der Waals surface area contributed by atoms with E-state index in [1.165, 1.54) is 14.2 Å². The highest BCUT2D eigenvalue weighted by atomic mass is 16.6. The molecule has 13 heteroatoms. The number of methoxy groups -OCH3 is 2. The summed E-state index contributed by atoms with van der Waals surface area (Å²) in [4.78, 5) is 52.9. The van der Waals surface area contributed by atoms with Crippen molar-refractivity contribution in [1.82, 2.24) is 20.4 Å². The average Bonchev–Trinajstić information content (AvgIpc) is 3.02. The van der Waals surface area contributed by atoms with Crippen LogP contribution < -0.4 is 15.4 Å². The predicted octanol–water partition coefficient (Wildman–Crippen LogP) is 1.70. The highest BCUT2D eigenvalue weighted by Crippen LogP contribution is 2.22. The number of allylic oxidation sites excluding steroid dienone is 2. The Labute approximate surface area is 239 Å². The number of alkyl carbamates (subject to hydrolysis) is 2. The first-order valence-electron chi connectivity index (χ1n) is 13.4. The number of ether oxygens (including phenoxy) is 5. The summed E-state index contributed by atoms with van der Waals surface area (Å²) in [6.45, 7) is 2.64. The minimum Gasteiger partial charge on any atom is -0.496 e. The van der Waals surface area contributed by atoms with Gasteiger partial charge in [-0.3, -0.25) is 9.59 Å². The molecule has 2 aliphatic heterocycles. The number of rotatable bonds is 13. The quantitative estimate of drug-likeness (QED) is 0.336. The molecule has 0 bridgehead atoms. The van der Waals surface area contributed by atoms with Crippen LogP contribution in [0.25, 0.3) is 0 Å². The van der Waals surface area contributed by atoms with E-state index >= 15 is 0 Å². The van der Waals surface area contributed by atoms with Crippen molar-refractivity contribution in [2.24, 2.45) is 0 Å². The van der Waals surface area contributed by atoms with Crippen LogP contribution in [0.1, 0.15) is 23.2 Å². The Bertz CT molecular complexity index is 1100. The van der Waals surface area contributed by atoms with Crippen molar-refractivity contribution in [2.75, 3.05) is 73.4 Å². The van der Waals surface area contributed by atoms with Gasteiger partial charge in [-0.25, -0.2) is 9.59 Å². The molecule has 1 atom stereocenters. The van der Waals surface area contributed by atoms with Crippen LogP contribution in [-0.4, -0.2) is 113 Å². The van der Waals surface area contributed by atoms with Crippen LogP contribution in [0.5, 0.6) is 5.75 Å². The van der Waals surface area contributed by atoms with E-state index in [1.807, 2.05) is 6.08 Å². The molecule has 224 valence electrons. The van der Waals surface area contributed by atoms with Gasteiger partial charge in [0.25, 0.3) is 5.91 Å². The number of nitrogens with zero attached hydrogens (tertiary/aromatic N) is 2. The number of carbonyl (C=O) groups excluding carboxylic acids is 4. The van der Waals surface area contributed by atoms with Crippen molar-refractivity contribution >= 4 is 24.0 Å². The van der Waals surface area contributed by atoms with E-state index in [4.69, 9.17) is 23.7 Å². The summed E-state index contributed by atoms with van der Waals surface area (Å²) in [5, 5.41) is 5.22. The summed E-state index contributed by atoms with van der Waals surface area (Å²) < 4.78 is 26.1. The third-order valence-electron chi connectivity index (χ3n) is 6.39. The molecule has 13 nitrogen and oxygen atoms in total. The molecular formula is C28H38N4O9. The molecule has 3 rings (SSSR count). The lowest BCUT2D eigenvalue weighted by Crippen LogP contribution is -2.41. The molecule has 1 saturated heterocycles. The molecule has 0 saturated carbocycles. The number of benzene rings is 1. The number of amides is 4. The second-order valence-electron chi connectivity index (χ2n) is 9.13. The SMILES string of the molecule is COc1ccccc1C(=O)N1CC=CC=C1CNC(=O)OCC(COC(=O)NCCCC(=O)N1CCOCC1)OC. The van der Waals surface area contributed by atoms with Gasteiger partial charge in [-0.05, 0) is 24.6 Å². The van der Waals surface area contributed by atoms with E-state index in [0.717, 1.165) is 0 Å². The highest BCUT2D eigenvalue weighted by molar-refractivity contribution is 5.98. The van der Waals surface area contributed by atoms with Gasteiger partial charge in [0.1, 0.15) is 25.1 Å². The first-order valence-corrected chi connectivity index (χ1v) is 13.4. The van der Waals surface area contributed by atoms with Gasteiger partial charge < -0.3 is 44.1 Å². The molecule has 2 heterocycles. The Morgan fingerprint density at radius 3 is 2.41 bits per heavy atom. The molecule has 0 aliphatic carbocycles. The Balaban J connectivity index is 1.34. The second-order valence-corrected chi connectivity index (χ2v) is 9.13. The number of hydrogen-bond donors (Lipinski definition) is 2. The minimum atomic E-state index is -0.721. The summed E-state index contributed by atoms with van der Waals surface area (Å²) in [5.41, 5.74) is 0.988. The zero-order valence-corrected chi connectivity index (χ0v) is 23.5. The lowest BCUT2D eigenvalue weighted by molar-refractivity contribution is -0.135. The van der Waals surface area contributed by atoms with Gasteiger partial charge in [0.15, 0.2) is 0 Å². The zero-order chi connectivity index (χ0) is 29.5. The number of para-hydroxylation sites is 1. The molecule has 0 aromatic heterocycles. The van der Waals surface area contributed by atoms with Gasteiger partial charge in [-0.15, -0.1) is 0 Å². The fraction of sp³-hybridized carbons (Fsp3) is 0.500. The van der Waals surface area contributed by atoms with Gasteiger partial charge in [0.2, 0.25) is 5.91 Å². The van der Waals surface area contributed by atoms with E-state index in [2.05, 4.69) is 10.6 Å². The normalized spacial score (nSPS) is 15.4. The highest BCUT2D eigenvalue weighted by Gasteiger charge is 2.24. The maximum absolute atomic E-state index is 13.1. The fourth-order valence-corrected chi connectivity index (χ4v) is 4.07. The van der Waals surface area contributed by atoms with Crippen molar-refractivity contribution in [2.45, 2.75) is 18.9 Å². The maximum atomic E-state index is 13.1. The molecule has 2 N–H and O–H groups in total. The Kier molecular flexibility index (Phi) is 12.9. The Morgan fingerprint density at radius 1 is 1.00 bits per heavy atom. The van der Waals surface area contributed by atoms with Crippen LogP contribution in [0.3, 0.4) is 0 Å². The van der Waals surface area contributed by atoms with E-state index in [9.17, 15) is 19.2 Å². The van der Waals surface area contributed by atoms with Crippen LogP contribution in [0.4, 0.5) is 9.59 Å². The van der Waals surface area contributed by atoms with Crippen molar-refractivity contribution < 1.29 is 42.9 Å². The lowest BCUT2D eigenvalue weighted by atomic mass is 10.1. The second kappa shape index (κ2) is 16.9. The van der Waals surface area contributed by atoms with Crippen molar-refractivity contribution in [3.63, 3.8) is 0 Å². The summed E-state index contributed by atoms with van der Waals surface area (Å²) in [5.74, 6) is 0.233. The molecule has 1 fully saturated rings. The van der Waals surface area contributed by atoms with Crippen LogP contribution >= 0.6 is 0 Å². The van der Waals surface area contributed by atoms with E-state index in [0.29, 0.717) is 62.7 Å². The summed E-state index contributed by atoms with van der Waals surface area (Å²) in [6, 6.07) is 6.92. The molecule has 1 unspecified atom stereocenters. The van der Waals surface area contributed by atoms with E-state index in [1.54, 1.807) is 46.2 Å². The summed E-state index contributed by atoms with van der Waals surface area (Å²) >= 11 is 0. The van der Waals surface area contributed by atoms with E-state index in [-0.39, 0.29) is 38.1 Å². The maximum Gasteiger partial charge on any atom is 0.407 e. The van der Waals surface area contributed by atoms with Gasteiger partial charge in [-0.2, -0.15) is 0 Å². The summed E-state index contributed by atoms with van der Waals surface area (Å²) in [6.07, 6.45) is 4.11. The first kappa shape index (κ1) is 31.4. The zero-order valence-electron chi connectivity index (χ0n) is 23.5. The molecule has 4 amide bonds. The molecule has 0 radical (unpaired) electrons. The lowest BCUT2D eigenvalue weighted by Gasteiger charge is -2.27. The molecule has 2 aliphatic rings. The largest absolute Gasteiger partial charge is 0.496 e. The van der Waals surface area contributed by atoms with Crippen LogP contribution in [0.2, 0.25) is 0 Å². The molecule has 41 heavy (non-hydrogen) atoms. The Morgan fingerprint density at radius 2 is 1.71 bits per heavy atom. The number of carbonyl (C=O) groups is 4. The molecule has 1 aromatic carbocycles. The fourth-order valence-electron chi connectivity index (χ4n) is 4.07. The average molecular weight is 575 g/mol. The third kappa shape index (κ3) is 10.1. The first-order chi connectivity index (χ1) is 19.9. The number of nitrogens with one attached hydrogen (secondary N) is 2. The van der Waals surface area contributed by atoms with E-state index < -0.39 is 18.3 Å². The minimum absolute atomic E-state index is 0.0327. The topological polar surface area (TPSA) is 145 Å². The summed E-state index contributed by atoms with van der Waals surface area (Å²) in [7, 11) is 2.91. The third-order valence-corrected chi connectivity index (χ3v) is 6.39. The number of morpholine rings is 1. The molecular weight excluding hydrogens is 536 g/mol. The van der Waals surface area contributed by atoms with Crippen molar-refractivity contribution in [3.8, 4) is 5.75 Å². The Hall–Kier alpha value is -4.10. The smallest absolute Gasteiger partial charge is 0.407 e. The molecule has 1 aromatic rings. The monoisotopic (exact) mass is 574 g/mol. The van der Waals surface area contributed by atoms with Gasteiger partial charge >= 0.3 is 12.2 Å². The van der Waals surface area contributed by atoms with Crippen LogP contribution in [0.15, 0.2) is 48.2 Å². The molecule has 0 spiro atoms. The predicted molar refractivity (Wildman–Crippen MR) is 147 cm³/mol. The van der Waals surface area contributed by atoms with Crippen molar-refractivity contribution in [3.05, 3.63) is 53.8 Å².